The van der Waals surface area contributed by atoms with Crippen LogP contribution in [0.2, 0.25) is 0 Å². The predicted molar refractivity (Wildman–Crippen MR) is 112 cm³/mol. The van der Waals surface area contributed by atoms with Gasteiger partial charge < -0.3 is 25.6 Å². The maximum Gasteiger partial charge on any atom is 0.351 e. The Bertz CT molecular complexity index is 1030. The van der Waals surface area contributed by atoms with Gasteiger partial charge in [0.25, 0.3) is 5.91 Å². The van der Waals surface area contributed by atoms with Crippen LogP contribution in [0.25, 0.3) is 0 Å². The summed E-state index contributed by atoms with van der Waals surface area (Å²) in [5, 5.41) is 20.9. The van der Waals surface area contributed by atoms with Crippen LogP contribution >= 0.6 is 0 Å². The molecule has 0 bridgehead atoms. The molecule has 2 saturated heterocycles. The van der Waals surface area contributed by atoms with Gasteiger partial charge in [0, 0.05) is 44.5 Å². The van der Waals surface area contributed by atoms with Crippen LogP contribution in [0.5, 0.6) is 0 Å². The fraction of sp³-hybridized carbons (Fsp3) is 0.476. The Kier molecular flexibility index (Phi) is 6.51. The molecule has 32 heavy (non-hydrogen) atoms. The molecule has 4 rings (SSSR count). The highest BCUT2D eigenvalue weighted by Gasteiger charge is 2.48. The van der Waals surface area contributed by atoms with Crippen LogP contribution < -0.4 is 11.4 Å². The third kappa shape index (κ3) is 4.51. The first-order chi connectivity index (χ1) is 15.3. The number of hydrogen-bond donors (Lipinski definition) is 3. The summed E-state index contributed by atoms with van der Waals surface area (Å²) in [5.41, 5.74) is 5.32. The van der Waals surface area contributed by atoms with Crippen LogP contribution in [0.3, 0.4) is 0 Å². The molecule has 0 saturated carbocycles. The van der Waals surface area contributed by atoms with Gasteiger partial charge in [-0.25, -0.2) is 9.18 Å². The van der Waals surface area contributed by atoms with Gasteiger partial charge in [-0.1, -0.05) is 18.2 Å². The van der Waals surface area contributed by atoms with Crippen LogP contribution in [-0.2, 0) is 16.1 Å². The molecule has 1 aromatic carbocycles. The SMILES string of the molecule is Nc1ccn([C@@H]2O[C@H](C(=O)N3CCCN(Cc4ccccc4F)CC3)[C@@H](O)[C@H]2O)c(=O)n1. The highest BCUT2D eigenvalue weighted by Crippen LogP contribution is 2.30. The molecule has 11 heteroatoms. The average molecular weight is 447 g/mol. The number of aromatic nitrogens is 2. The first kappa shape index (κ1) is 22.3. The van der Waals surface area contributed by atoms with E-state index in [9.17, 15) is 24.2 Å². The molecular formula is C21H26FN5O5. The molecule has 10 nitrogen and oxygen atoms in total. The Labute approximate surface area is 183 Å². The van der Waals surface area contributed by atoms with E-state index in [1.165, 1.54) is 18.3 Å². The topological polar surface area (TPSA) is 134 Å². The second-order valence-corrected chi connectivity index (χ2v) is 8.02. The van der Waals surface area contributed by atoms with Crippen LogP contribution in [0, 0.1) is 5.82 Å². The van der Waals surface area contributed by atoms with Crippen molar-refractivity contribution in [3.63, 3.8) is 0 Å². The molecule has 2 aromatic rings. The van der Waals surface area contributed by atoms with E-state index in [0.717, 1.165) is 4.57 Å². The monoisotopic (exact) mass is 447 g/mol. The number of rotatable bonds is 4. The maximum atomic E-state index is 14.0. The zero-order valence-corrected chi connectivity index (χ0v) is 17.4. The summed E-state index contributed by atoms with van der Waals surface area (Å²) >= 11 is 0. The maximum absolute atomic E-state index is 14.0. The summed E-state index contributed by atoms with van der Waals surface area (Å²) in [6.45, 7) is 2.44. The van der Waals surface area contributed by atoms with E-state index in [1.807, 2.05) is 0 Å². The van der Waals surface area contributed by atoms with Crippen molar-refractivity contribution in [1.29, 1.82) is 0 Å². The molecule has 1 amide bonds. The number of nitrogens with zero attached hydrogens (tertiary/aromatic N) is 4. The number of anilines is 1. The fourth-order valence-electron chi connectivity index (χ4n) is 4.11. The van der Waals surface area contributed by atoms with Crippen molar-refractivity contribution < 1.29 is 24.1 Å². The van der Waals surface area contributed by atoms with Gasteiger partial charge in [-0.3, -0.25) is 14.3 Å². The molecule has 3 heterocycles. The van der Waals surface area contributed by atoms with E-state index in [0.29, 0.717) is 44.7 Å². The highest BCUT2D eigenvalue weighted by atomic mass is 19.1. The Hall–Kier alpha value is -2.86. The number of halogens is 1. The van der Waals surface area contributed by atoms with E-state index in [-0.39, 0.29) is 11.6 Å². The van der Waals surface area contributed by atoms with Gasteiger partial charge in [-0.05, 0) is 18.6 Å². The number of nitrogens with two attached hydrogens (primary N) is 1. The Morgan fingerprint density at radius 3 is 2.69 bits per heavy atom. The summed E-state index contributed by atoms with van der Waals surface area (Å²) in [6, 6.07) is 7.95. The number of benzene rings is 1. The number of hydrogen-bond acceptors (Lipinski definition) is 8. The number of aliphatic hydroxyl groups excluding tert-OH is 2. The third-order valence-corrected chi connectivity index (χ3v) is 5.86. The number of carbonyl (C=O) groups is 1. The molecule has 0 aliphatic carbocycles. The van der Waals surface area contributed by atoms with Crippen molar-refractivity contribution in [1.82, 2.24) is 19.4 Å². The van der Waals surface area contributed by atoms with Gasteiger partial charge in [0.05, 0.1) is 0 Å². The van der Waals surface area contributed by atoms with Gasteiger partial charge >= 0.3 is 5.69 Å². The molecule has 172 valence electrons. The second-order valence-electron chi connectivity index (χ2n) is 8.02. The van der Waals surface area contributed by atoms with E-state index in [1.54, 1.807) is 23.1 Å². The largest absolute Gasteiger partial charge is 0.387 e. The Balaban J connectivity index is 1.41. The molecule has 2 aliphatic rings. The lowest BCUT2D eigenvalue weighted by Gasteiger charge is -2.25. The molecule has 4 atom stereocenters. The van der Waals surface area contributed by atoms with Crippen molar-refractivity contribution in [2.24, 2.45) is 0 Å². The minimum atomic E-state index is -1.50. The van der Waals surface area contributed by atoms with Crippen LogP contribution in [0.1, 0.15) is 18.2 Å². The van der Waals surface area contributed by atoms with Gasteiger partial charge in [-0.2, -0.15) is 4.98 Å². The van der Waals surface area contributed by atoms with E-state index < -0.39 is 36.1 Å². The van der Waals surface area contributed by atoms with Gasteiger partial charge in [0.2, 0.25) is 0 Å². The molecule has 2 fully saturated rings. The first-order valence-corrected chi connectivity index (χ1v) is 10.5. The summed E-state index contributed by atoms with van der Waals surface area (Å²) in [7, 11) is 0. The van der Waals surface area contributed by atoms with E-state index in [2.05, 4.69) is 9.88 Å². The van der Waals surface area contributed by atoms with Crippen LogP contribution in [0.4, 0.5) is 10.2 Å². The molecular weight excluding hydrogens is 421 g/mol. The summed E-state index contributed by atoms with van der Waals surface area (Å²) in [6.07, 6.45) is -3.62. The Morgan fingerprint density at radius 1 is 1.16 bits per heavy atom. The quantitative estimate of drug-likeness (QED) is 0.561. The van der Waals surface area contributed by atoms with Crippen molar-refractivity contribution in [2.75, 3.05) is 31.9 Å². The highest BCUT2D eigenvalue weighted by molar-refractivity contribution is 5.82. The van der Waals surface area contributed by atoms with Gasteiger partial charge in [-0.15, -0.1) is 0 Å². The third-order valence-electron chi connectivity index (χ3n) is 5.86. The summed E-state index contributed by atoms with van der Waals surface area (Å²) in [4.78, 5) is 32.4. The lowest BCUT2D eigenvalue weighted by atomic mass is 10.1. The van der Waals surface area contributed by atoms with Crippen molar-refractivity contribution in [3.8, 4) is 0 Å². The molecule has 1 aromatic heterocycles. The van der Waals surface area contributed by atoms with E-state index in [4.69, 9.17) is 10.5 Å². The normalized spacial score (nSPS) is 26.8. The Morgan fingerprint density at radius 2 is 1.94 bits per heavy atom. The molecule has 2 aliphatic heterocycles. The summed E-state index contributed by atoms with van der Waals surface area (Å²) < 4.78 is 20.6. The fourth-order valence-corrected chi connectivity index (χ4v) is 4.11. The molecule has 0 spiro atoms. The summed E-state index contributed by atoms with van der Waals surface area (Å²) in [5.74, 6) is -0.723. The number of amides is 1. The van der Waals surface area contributed by atoms with Crippen molar-refractivity contribution in [3.05, 3.63) is 58.4 Å². The molecule has 0 radical (unpaired) electrons. The zero-order valence-electron chi connectivity index (χ0n) is 17.4. The standard InChI is InChI=1S/C21H26FN5O5/c22-14-5-2-1-4-13(14)12-25-7-3-8-26(11-10-25)19(30)18-16(28)17(29)20(32-18)27-9-6-15(23)24-21(27)31/h1-2,4-6,9,16-18,20,28-29H,3,7-8,10-12H2,(H2,23,24,31)/t16-,17+,18-,20+/m0/s1. The molecule has 4 N–H and O–H groups in total. The molecule has 0 unspecified atom stereocenters. The van der Waals surface area contributed by atoms with Gasteiger partial charge in [0.1, 0.15) is 23.8 Å². The lowest BCUT2D eigenvalue weighted by Crippen LogP contribution is -2.46. The smallest absolute Gasteiger partial charge is 0.351 e. The number of nitrogen functional groups attached to an aromatic ring is 1. The van der Waals surface area contributed by atoms with E-state index >= 15 is 0 Å². The van der Waals surface area contributed by atoms with Crippen LogP contribution in [-0.4, -0.2) is 80.0 Å². The number of ether oxygens (including phenoxy) is 1. The lowest BCUT2D eigenvalue weighted by molar-refractivity contribution is -0.148. The second kappa shape index (κ2) is 9.33. The van der Waals surface area contributed by atoms with Crippen molar-refractivity contribution in [2.45, 2.75) is 37.5 Å². The van der Waals surface area contributed by atoms with Crippen molar-refractivity contribution >= 4 is 11.7 Å². The minimum absolute atomic E-state index is 0.0106. The van der Waals surface area contributed by atoms with Gasteiger partial charge in [0.15, 0.2) is 12.3 Å². The predicted octanol–water partition coefficient (Wildman–Crippen LogP) is -0.682. The number of aliphatic hydroxyl groups is 2. The number of carbonyl (C=O) groups excluding carboxylic acids is 1. The first-order valence-electron chi connectivity index (χ1n) is 10.5. The average Bonchev–Trinajstić information content (AvgIpc) is 2.93. The minimum Gasteiger partial charge on any atom is -0.387 e. The zero-order chi connectivity index (χ0) is 22.8. The van der Waals surface area contributed by atoms with Crippen LogP contribution in [0.15, 0.2) is 41.3 Å².